The summed E-state index contributed by atoms with van der Waals surface area (Å²) < 4.78 is 16.9. The van der Waals surface area contributed by atoms with Gasteiger partial charge in [-0.15, -0.1) is 0 Å². The fourth-order valence-corrected chi connectivity index (χ4v) is 9.55. The van der Waals surface area contributed by atoms with Crippen molar-refractivity contribution in [2.24, 2.45) is 11.8 Å². The molecule has 0 aromatic heterocycles. The average Bonchev–Trinajstić information content (AvgIpc) is 3.32. The Balaban J connectivity index is 4.25. The minimum absolute atomic E-state index is 0.0626. The zero-order chi connectivity index (χ0) is 49.6. The molecular formula is C62H120O6. The molecule has 0 aliphatic rings. The van der Waals surface area contributed by atoms with E-state index >= 15 is 0 Å². The lowest BCUT2D eigenvalue weighted by Crippen LogP contribution is -2.30. The number of esters is 3. The van der Waals surface area contributed by atoms with Gasteiger partial charge in [-0.2, -0.15) is 0 Å². The van der Waals surface area contributed by atoms with Gasteiger partial charge >= 0.3 is 17.9 Å². The summed E-state index contributed by atoms with van der Waals surface area (Å²) in [4.78, 5) is 38.2. The maximum Gasteiger partial charge on any atom is 0.306 e. The van der Waals surface area contributed by atoms with Gasteiger partial charge in [0.15, 0.2) is 6.10 Å². The molecule has 0 rings (SSSR count). The van der Waals surface area contributed by atoms with Gasteiger partial charge in [-0.05, 0) is 31.1 Å². The number of rotatable bonds is 56. The zero-order valence-corrected chi connectivity index (χ0v) is 46.7. The van der Waals surface area contributed by atoms with Gasteiger partial charge in [0.25, 0.3) is 0 Å². The topological polar surface area (TPSA) is 78.9 Å². The monoisotopic (exact) mass is 961 g/mol. The Morgan fingerprint density at radius 3 is 0.838 bits per heavy atom. The molecule has 0 N–H and O–H groups in total. The van der Waals surface area contributed by atoms with Gasteiger partial charge in [0.2, 0.25) is 0 Å². The first-order valence-corrected chi connectivity index (χ1v) is 30.8. The van der Waals surface area contributed by atoms with Crippen molar-refractivity contribution in [1.29, 1.82) is 0 Å². The van der Waals surface area contributed by atoms with Crippen LogP contribution in [0, 0.1) is 11.8 Å². The normalized spacial score (nSPS) is 12.4. The highest BCUT2D eigenvalue weighted by Crippen LogP contribution is 2.19. The van der Waals surface area contributed by atoms with E-state index < -0.39 is 6.10 Å². The van der Waals surface area contributed by atoms with E-state index in [0.29, 0.717) is 19.3 Å². The van der Waals surface area contributed by atoms with Crippen LogP contribution in [0.2, 0.25) is 0 Å². The van der Waals surface area contributed by atoms with Gasteiger partial charge in [0.1, 0.15) is 13.2 Å². The Labute approximate surface area is 425 Å². The fraction of sp³-hybridized carbons (Fsp3) is 0.952. The highest BCUT2D eigenvalue weighted by molar-refractivity contribution is 5.71. The summed E-state index contributed by atoms with van der Waals surface area (Å²) in [5.41, 5.74) is 0. The maximum atomic E-state index is 12.9. The van der Waals surface area contributed by atoms with Crippen molar-refractivity contribution >= 4 is 17.9 Å². The van der Waals surface area contributed by atoms with Crippen molar-refractivity contribution in [3.8, 4) is 0 Å². The van der Waals surface area contributed by atoms with Crippen LogP contribution in [-0.2, 0) is 28.6 Å². The second-order valence-corrected chi connectivity index (χ2v) is 22.1. The SMILES string of the molecule is CCCCCCCCCCCCCCCCCCCC(=O)OC[C@H](COC(=O)CCCCCCCCCCC(C)CC)OC(=O)CCCCCCCCCCCCCCCCCCCCC(C)C. The highest BCUT2D eigenvalue weighted by atomic mass is 16.6. The first-order chi connectivity index (χ1) is 33.3. The molecule has 6 heteroatoms. The molecule has 0 saturated carbocycles. The van der Waals surface area contributed by atoms with E-state index in [-0.39, 0.29) is 31.1 Å². The molecule has 0 amide bonds. The predicted octanol–water partition coefficient (Wildman–Crippen LogP) is 20.4. The van der Waals surface area contributed by atoms with E-state index in [2.05, 4.69) is 34.6 Å². The molecule has 0 bridgehead atoms. The standard InChI is InChI=1S/C62H120O6/c1-6-8-9-10-11-12-13-14-15-18-22-25-28-31-37-42-47-52-60(63)66-55-59(56-67-61(64)53-48-43-38-34-33-36-41-46-51-58(5)7-2)68-62(65)54-49-44-39-32-29-26-23-20-17-16-19-21-24-27-30-35-40-45-50-57(3)4/h57-59H,6-56H2,1-5H3/t58?,59-/m1/s1. The number of carbonyl (C=O) groups excluding carboxylic acids is 3. The van der Waals surface area contributed by atoms with Crippen LogP contribution in [0.4, 0.5) is 0 Å². The van der Waals surface area contributed by atoms with Gasteiger partial charge in [-0.1, -0.05) is 311 Å². The summed E-state index contributed by atoms with van der Waals surface area (Å²) >= 11 is 0. The van der Waals surface area contributed by atoms with E-state index in [4.69, 9.17) is 14.2 Å². The lowest BCUT2D eigenvalue weighted by Gasteiger charge is -2.18. The Morgan fingerprint density at radius 1 is 0.309 bits per heavy atom. The molecule has 0 aliphatic heterocycles. The van der Waals surface area contributed by atoms with E-state index in [9.17, 15) is 14.4 Å². The lowest BCUT2D eigenvalue weighted by atomic mass is 9.99. The van der Waals surface area contributed by atoms with Gasteiger partial charge in [0, 0.05) is 19.3 Å². The van der Waals surface area contributed by atoms with Gasteiger partial charge in [0.05, 0.1) is 0 Å². The molecule has 0 aliphatic carbocycles. The number of ether oxygens (including phenoxy) is 3. The highest BCUT2D eigenvalue weighted by Gasteiger charge is 2.19. The van der Waals surface area contributed by atoms with Gasteiger partial charge < -0.3 is 14.2 Å². The summed E-state index contributed by atoms with van der Waals surface area (Å²) in [7, 11) is 0. The number of carbonyl (C=O) groups is 3. The summed E-state index contributed by atoms with van der Waals surface area (Å²) in [5.74, 6) is 0.869. The molecule has 404 valence electrons. The van der Waals surface area contributed by atoms with Crippen LogP contribution < -0.4 is 0 Å². The van der Waals surface area contributed by atoms with Crippen LogP contribution in [0.3, 0.4) is 0 Å². The molecule has 0 fully saturated rings. The van der Waals surface area contributed by atoms with Crippen LogP contribution in [0.5, 0.6) is 0 Å². The fourth-order valence-electron chi connectivity index (χ4n) is 9.55. The lowest BCUT2D eigenvalue weighted by molar-refractivity contribution is -0.167. The van der Waals surface area contributed by atoms with Crippen LogP contribution in [-0.4, -0.2) is 37.2 Å². The van der Waals surface area contributed by atoms with Crippen molar-refractivity contribution < 1.29 is 28.6 Å². The van der Waals surface area contributed by atoms with E-state index in [1.54, 1.807) is 0 Å². The Bertz CT molecular complexity index is 1040. The number of hydrogen-bond acceptors (Lipinski definition) is 6. The van der Waals surface area contributed by atoms with Crippen molar-refractivity contribution in [3.05, 3.63) is 0 Å². The summed E-state index contributed by atoms with van der Waals surface area (Å²) in [6.07, 6.45) is 59.6. The first kappa shape index (κ1) is 66.4. The average molecular weight is 962 g/mol. The zero-order valence-electron chi connectivity index (χ0n) is 46.7. The summed E-state index contributed by atoms with van der Waals surface area (Å²) in [6.45, 7) is 11.4. The third kappa shape index (κ3) is 53.8. The Morgan fingerprint density at radius 2 is 0.559 bits per heavy atom. The van der Waals surface area contributed by atoms with Crippen LogP contribution in [0.25, 0.3) is 0 Å². The largest absolute Gasteiger partial charge is 0.462 e. The molecule has 68 heavy (non-hydrogen) atoms. The van der Waals surface area contributed by atoms with Crippen molar-refractivity contribution in [2.75, 3.05) is 13.2 Å². The van der Waals surface area contributed by atoms with Crippen molar-refractivity contribution in [1.82, 2.24) is 0 Å². The van der Waals surface area contributed by atoms with Crippen LogP contribution >= 0.6 is 0 Å². The summed E-state index contributed by atoms with van der Waals surface area (Å²) in [5, 5.41) is 0. The number of hydrogen-bond donors (Lipinski definition) is 0. The second kappa shape index (κ2) is 54.7. The van der Waals surface area contributed by atoms with E-state index in [0.717, 1.165) is 69.6 Å². The molecule has 0 heterocycles. The Kier molecular flexibility index (Phi) is 53.5. The quantitative estimate of drug-likeness (QED) is 0.0343. The van der Waals surface area contributed by atoms with E-state index in [1.165, 1.54) is 238 Å². The molecule has 6 nitrogen and oxygen atoms in total. The van der Waals surface area contributed by atoms with Gasteiger partial charge in [-0.25, -0.2) is 0 Å². The third-order valence-electron chi connectivity index (χ3n) is 14.6. The van der Waals surface area contributed by atoms with E-state index in [1.807, 2.05) is 0 Å². The van der Waals surface area contributed by atoms with Crippen molar-refractivity contribution in [3.63, 3.8) is 0 Å². The molecule has 0 radical (unpaired) electrons. The van der Waals surface area contributed by atoms with Gasteiger partial charge in [-0.3, -0.25) is 14.4 Å². The van der Waals surface area contributed by atoms with Crippen LogP contribution in [0.1, 0.15) is 349 Å². The molecule has 0 spiro atoms. The summed E-state index contributed by atoms with van der Waals surface area (Å²) in [6, 6.07) is 0. The maximum absolute atomic E-state index is 12.9. The van der Waals surface area contributed by atoms with Crippen LogP contribution in [0.15, 0.2) is 0 Å². The molecule has 2 atom stereocenters. The second-order valence-electron chi connectivity index (χ2n) is 22.1. The molecule has 0 aromatic carbocycles. The first-order valence-electron chi connectivity index (χ1n) is 30.8. The molecule has 0 aromatic rings. The Hall–Kier alpha value is -1.59. The minimum atomic E-state index is -0.763. The number of unbranched alkanes of at least 4 members (excludes halogenated alkanes) is 40. The third-order valence-corrected chi connectivity index (χ3v) is 14.6. The predicted molar refractivity (Wildman–Crippen MR) is 293 cm³/mol. The molecule has 0 saturated heterocycles. The smallest absolute Gasteiger partial charge is 0.306 e. The molecular weight excluding hydrogens is 841 g/mol. The molecule has 1 unspecified atom stereocenters. The van der Waals surface area contributed by atoms with Crippen molar-refractivity contribution in [2.45, 2.75) is 355 Å². The minimum Gasteiger partial charge on any atom is -0.462 e.